The van der Waals surface area contributed by atoms with Crippen LogP contribution in [0.1, 0.15) is 12.0 Å². The number of hydrogen-bond donors (Lipinski definition) is 1. The summed E-state index contributed by atoms with van der Waals surface area (Å²) >= 11 is 0. The number of anilines is 2. The molecule has 0 aromatic heterocycles. The molecule has 2 N–H and O–H groups in total. The van der Waals surface area contributed by atoms with Crippen molar-refractivity contribution in [3.8, 4) is 6.07 Å². The van der Waals surface area contributed by atoms with E-state index in [0.29, 0.717) is 25.2 Å². The minimum Gasteiger partial charge on any atom is -0.398 e. The van der Waals surface area contributed by atoms with Crippen LogP contribution in [0.4, 0.5) is 15.8 Å². The van der Waals surface area contributed by atoms with E-state index in [9.17, 15) is 4.39 Å². The topological polar surface area (TPSA) is 53.0 Å². The summed E-state index contributed by atoms with van der Waals surface area (Å²) in [6.07, 6.45) is 0.407. The first-order valence-corrected chi connectivity index (χ1v) is 6.41. The highest BCUT2D eigenvalue weighted by molar-refractivity contribution is 5.52. The average molecular weight is 269 g/mol. The van der Waals surface area contributed by atoms with E-state index in [4.69, 9.17) is 11.0 Å². The Labute approximate surface area is 118 Å². The van der Waals surface area contributed by atoms with Gasteiger partial charge in [0, 0.05) is 24.5 Å². The van der Waals surface area contributed by atoms with Crippen LogP contribution < -0.4 is 10.6 Å². The fraction of sp³-hybridized carbons (Fsp3) is 0.188. The third-order valence-corrected chi connectivity index (χ3v) is 3.08. The summed E-state index contributed by atoms with van der Waals surface area (Å²) in [4.78, 5) is 2.02. The Balaban J connectivity index is 2.24. The first-order chi connectivity index (χ1) is 9.70. The molecule has 102 valence electrons. The van der Waals surface area contributed by atoms with Crippen LogP contribution in [0.3, 0.4) is 0 Å². The molecule has 0 bridgehead atoms. The number of nitrogens with two attached hydrogens (primary N) is 1. The molecule has 0 unspecified atom stereocenters. The van der Waals surface area contributed by atoms with E-state index in [0.717, 1.165) is 11.3 Å². The maximum Gasteiger partial charge on any atom is 0.123 e. The zero-order chi connectivity index (χ0) is 14.4. The molecule has 0 heterocycles. The van der Waals surface area contributed by atoms with Crippen molar-refractivity contribution >= 4 is 11.4 Å². The second-order valence-electron chi connectivity index (χ2n) is 4.51. The van der Waals surface area contributed by atoms with E-state index in [-0.39, 0.29) is 5.82 Å². The van der Waals surface area contributed by atoms with Gasteiger partial charge in [-0.1, -0.05) is 18.2 Å². The number of nitrogen functional groups attached to an aromatic ring is 1. The Morgan fingerprint density at radius 2 is 1.90 bits per heavy atom. The number of nitriles is 1. The summed E-state index contributed by atoms with van der Waals surface area (Å²) in [6, 6.07) is 16.2. The predicted octanol–water partition coefficient (Wildman–Crippen LogP) is 3.33. The molecule has 0 aliphatic carbocycles. The van der Waals surface area contributed by atoms with Crippen LogP contribution >= 0.6 is 0 Å². The zero-order valence-corrected chi connectivity index (χ0v) is 11.1. The van der Waals surface area contributed by atoms with Crippen molar-refractivity contribution in [3.63, 3.8) is 0 Å². The Hall–Kier alpha value is -2.54. The molecule has 0 fully saturated rings. The van der Waals surface area contributed by atoms with Crippen LogP contribution in [0.5, 0.6) is 0 Å². The monoisotopic (exact) mass is 269 g/mol. The van der Waals surface area contributed by atoms with E-state index >= 15 is 0 Å². The number of nitrogens with zero attached hydrogens (tertiary/aromatic N) is 2. The number of rotatable bonds is 5. The van der Waals surface area contributed by atoms with Gasteiger partial charge in [0.1, 0.15) is 5.82 Å². The van der Waals surface area contributed by atoms with Gasteiger partial charge in [0.2, 0.25) is 0 Å². The second-order valence-corrected chi connectivity index (χ2v) is 4.51. The molecule has 0 aliphatic heterocycles. The maximum atomic E-state index is 13.3. The lowest BCUT2D eigenvalue weighted by Crippen LogP contribution is -2.24. The predicted molar refractivity (Wildman–Crippen MR) is 78.5 cm³/mol. The van der Waals surface area contributed by atoms with Crippen LogP contribution in [0.2, 0.25) is 0 Å². The average Bonchev–Trinajstić information content (AvgIpc) is 2.48. The van der Waals surface area contributed by atoms with Gasteiger partial charge in [-0.15, -0.1) is 0 Å². The zero-order valence-electron chi connectivity index (χ0n) is 11.1. The normalized spacial score (nSPS) is 10.0. The Morgan fingerprint density at radius 3 is 2.60 bits per heavy atom. The van der Waals surface area contributed by atoms with E-state index in [2.05, 4.69) is 6.07 Å². The van der Waals surface area contributed by atoms with Crippen molar-refractivity contribution in [1.29, 1.82) is 5.26 Å². The van der Waals surface area contributed by atoms with Crippen LogP contribution in [0.15, 0.2) is 48.5 Å². The van der Waals surface area contributed by atoms with E-state index in [1.165, 1.54) is 12.1 Å². The molecule has 0 saturated carbocycles. The van der Waals surface area contributed by atoms with Crippen LogP contribution in [0.25, 0.3) is 0 Å². The molecule has 0 aliphatic rings. The summed E-state index contributed by atoms with van der Waals surface area (Å²) < 4.78 is 13.3. The third-order valence-electron chi connectivity index (χ3n) is 3.08. The fourth-order valence-electron chi connectivity index (χ4n) is 2.04. The molecule has 0 amide bonds. The summed E-state index contributed by atoms with van der Waals surface area (Å²) in [7, 11) is 0. The summed E-state index contributed by atoms with van der Waals surface area (Å²) in [5.41, 5.74) is 8.17. The summed E-state index contributed by atoms with van der Waals surface area (Å²) in [5, 5.41) is 8.77. The summed E-state index contributed by atoms with van der Waals surface area (Å²) in [5.74, 6) is -0.303. The quantitative estimate of drug-likeness (QED) is 0.847. The van der Waals surface area contributed by atoms with Gasteiger partial charge in [-0.3, -0.25) is 0 Å². The van der Waals surface area contributed by atoms with Crippen molar-refractivity contribution in [2.24, 2.45) is 0 Å². The fourth-order valence-corrected chi connectivity index (χ4v) is 2.04. The van der Waals surface area contributed by atoms with Crippen LogP contribution in [-0.4, -0.2) is 6.54 Å². The number of benzene rings is 2. The van der Waals surface area contributed by atoms with Crippen molar-refractivity contribution < 1.29 is 4.39 Å². The van der Waals surface area contributed by atoms with Crippen molar-refractivity contribution in [2.75, 3.05) is 17.2 Å². The minimum absolute atomic E-state index is 0.303. The van der Waals surface area contributed by atoms with Gasteiger partial charge < -0.3 is 10.6 Å². The van der Waals surface area contributed by atoms with Crippen molar-refractivity contribution in [2.45, 2.75) is 13.0 Å². The lowest BCUT2D eigenvalue weighted by atomic mass is 10.1. The van der Waals surface area contributed by atoms with Crippen LogP contribution in [0, 0.1) is 17.1 Å². The number of para-hydroxylation sites is 1. The van der Waals surface area contributed by atoms with E-state index in [1.807, 2.05) is 35.2 Å². The third kappa shape index (κ3) is 3.48. The Bertz CT molecular complexity index is 605. The molecular weight excluding hydrogens is 253 g/mol. The largest absolute Gasteiger partial charge is 0.398 e. The van der Waals surface area contributed by atoms with Gasteiger partial charge in [0.05, 0.1) is 12.5 Å². The van der Waals surface area contributed by atoms with Crippen LogP contribution in [-0.2, 0) is 6.54 Å². The number of hydrogen-bond acceptors (Lipinski definition) is 3. The van der Waals surface area contributed by atoms with Gasteiger partial charge in [0.15, 0.2) is 0 Å². The lowest BCUT2D eigenvalue weighted by molar-refractivity contribution is 0.625. The van der Waals surface area contributed by atoms with Crippen molar-refractivity contribution in [3.05, 3.63) is 59.9 Å². The molecular formula is C16H16FN3. The molecule has 2 rings (SSSR count). The Kier molecular flexibility index (Phi) is 4.56. The lowest BCUT2D eigenvalue weighted by Gasteiger charge is -2.24. The Morgan fingerprint density at radius 1 is 1.15 bits per heavy atom. The molecule has 4 heteroatoms. The smallest absolute Gasteiger partial charge is 0.123 e. The molecule has 0 radical (unpaired) electrons. The first-order valence-electron chi connectivity index (χ1n) is 6.41. The molecule has 0 saturated heterocycles. The molecule has 2 aromatic carbocycles. The standard InChI is InChI=1S/C16H16FN3/c17-14-7-8-16(19)13(11-14)12-20(10-4-9-18)15-5-2-1-3-6-15/h1-3,5-8,11H,4,10,12,19H2. The van der Waals surface area contributed by atoms with Gasteiger partial charge >= 0.3 is 0 Å². The molecule has 3 nitrogen and oxygen atoms in total. The first kappa shape index (κ1) is 13.9. The van der Waals surface area contributed by atoms with Gasteiger partial charge in [-0.05, 0) is 35.9 Å². The maximum absolute atomic E-state index is 13.3. The molecule has 2 aromatic rings. The summed E-state index contributed by atoms with van der Waals surface area (Å²) in [6.45, 7) is 1.06. The van der Waals surface area contributed by atoms with E-state index in [1.54, 1.807) is 6.07 Å². The van der Waals surface area contributed by atoms with E-state index < -0.39 is 0 Å². The highest BCUT2D eigenvalue weighted by atomic mass is 19.1. The van der Waals surface area contributed by atoms with Gasteiger partial charge in [0.25, 0.3) is 0 Å². The second kappa shape index (κ2) is 6.58. The molecule has 20 heavy (non-hydrogen) atoms. The van der Waals surface area contributed by atoms with Crippen molar-refractivity contribution in [1.82, 2.24) is 0 Å². The van der Waals surface area contributed by atoms with Gasteiger partial charge in [-0.25, -0.2) is 4.39 Å². The highest BCUT2D eigenvalue weighted by Crippen LogP contribution is 2.21. The minimum atomic E-state index is -0.303. The van der Waals surface area contributed by atoms with Gasteiger partial charge in [-0.2, -0.15) is 5.26 Å². The molecule has 0 spiro atoms. The SMILES string of the molecule is N#CCCN(Cc1cc(F)ccc1N)c1ccccc1. The highest BCUT2D eigenvalue weighted by Gasteiger charge is 2.09. The molecule has 0 atom stereocenters. The number of halogens is 1.